The minimum absolute atomic E-state index is 0.134. The van der Waals surface area contributed by atoms with Crippen molar-refractivity contribution < 1.29 is 29.5 Å². The summed E-state index contributed by atoms with van der Waals surface area (Å²) in [7, 11) is 0. The summed E-state index contributed by atoms with van der Waals surface area (Å²) in [6.45, 7) is 52.1. The number of ether oxygens (including phenoxy) is 3. The van der Waals surface area contributed by atoms with E-state index in [1.54, 1.807) is 0 Å². The Labute approximate surface area is 480 Å². The Morgan fingerprint density at radius 2 is 0.526 bits per heavy atom. The highest BCUT2D eigenvalue weighted by Crippen LogP contribution is 2.25. The maximum atomic E-state index is 11.5. The minimum Gasteiger partial charge on any atom is -0.389 e. The molecule has 0 heterocycles. The molecule has 458 valence electrons. The Balaban J connectivity index is 6.41. The Kier molecular flexibility index (Phi) is 43.9. The van der Waals surface area contributed by atoms with Crippen molar-refractivity contribution in [3.63, 3.8) is 0 Å². The molecule has 0 spiro atoms. The van der Waals surface area contributed by atoms with Crippen molar-refractivity contribution in [1.29, 1.82) is 0 Å². The van der Waals surface area contributed by atoms with Gasteiger partial charge in [-0.15, -0.1) is 0 Å². The zero-order valence-corrected chi connectivity index (χ0v) is 54.1. The van der Waals surface area contributed by atoms with Crippen LogP contribution in [0, 0.1) is 40.9 Å². The van der Waals surface area contributed by atoms with Crippen LogP contribution >= 0.6 is 0 Å². The third-order valence-corrected chi connectivity index (χ3v) is 13.3. The molecule has 0 saturated heterocycles. The number of hydrogen-bond donors (Lipinski definition) is 3. The second kappa shape index (κ2) is 45.2. The van der Waals surface area contributed by atoms with E-state index in [-0.39, 0.29) is 39.6 Å². The van der Waals surface area contributed by atoms with E-state index in [0.29, 0.717) is 101 Å². The summed E-state index contributed by atoms with van der Waals surface area (Å²) in [6.07, 6.45) is 4.28. The second-order valence-corrected chi connectivity index (χ2v) is 25.6. The SMILES string of the molecule is CCC(COCC(O)CN(CCN=C(C)CC(C)C)CCN=C(C)CC(C)C)(COCC(O)CN(CCN=C(C)CC(C)C)CCN=C(C)CC(C)C)COCC(O)CN(CCN=C(C)CC(C)C)CCN=C(C)CC(C)C. The summed E-state index contributed by atoms with van der Waals surface area (Å²) in [5.41, 5.74) is 6.30. The van der Waals surface area contributed by atoms with Crippen LogP contribution in [0.1, 0.15) is 176 Å². The van der Waals surface area contributed by atoms with Crippen molar-refractivity contribution in [3.05, 3.63) is 0 Å². The van der Waals surface area contributed by atoms with Gasteiger partial charge in [-0.1, -0.05) is 90.0 Å². The molecule has 0 saturated carbocycles. The van der Waals surface area contributed by atoms with Crippen molar-refractivity contribution in [3.8, 4) is 0 Å². The average Bonchev–Trinajstić information content (AvgIpc) is 3.29. The first kappa shape index (κ1) is 75.7. The molecule has 0 aromatic rings. The van der Waals surface area contributed by atoms with Crippen LogP contribution in [-0.2, 0) is 14.2 Å². The zero-order chi connectivity index (χ0) is 59.1. The predicted molar refractivity (Wildman–Crippen MR) is 337 cm³/mol. The van der Waals surface area contributed by atoms with Gasteiger partial charge in [0.25, 0.3) is 0 Å². The van der Waals surface area contributed by atoms with E-state index < -0.39 is 23.7 Å². The van der Waals surface area contributed by atoms with Gasteiger partial charge >= 0.3 is 0 Å². The average molecular weight is 1100 g/mol. The maximum Gasteiger partial charge on any atom is 0.0900 e. The molecule has 0 aliphatic carbocycles. The third-order valence-electron chi connectivity index (χ3n) is 13.3. The van der Waals surface area contributed by atoms with Crippen LogP contribution in [-0.4, -0.2) is 220 Å². The first-order chi connectivity index (χ1) is 36.7. The van der Waals surface area contributed by atoms with E-state index in [9.17, 15) is 15.3 Å². The highest BCUT2D eigenvalue weighted by Gasteiger charge is 2.31. The van der Waals surface area contributed by atoms with Crippen LogP contribution < -0.4 is 0 Å². The molecule has 0 radical (unpaired) electrons. The molecule has 0 aromatic heterocycles. The Hall–Kier alpha value is -2.34. The lowest BCUT2D eigenvalue weighted by atomic mass is 9.88. The van der Waals surface area contributed by atoms with Crippen LogP contribution in [0.4, 0.5) is 0 Å². The molecule has 0 rings (SSSR count). The molecule has 0 aromatic carbocycles. The zero-order valence-electron chi connectivity index (χ0n) is 54.1. The number of nitrogens with zero attached hydrogens (tertiary/aromatic N) is 9. The highest BCUT2D eigenvalue weighted by molar-refractivity contribution is 5.84. The van der Waals surface area contributed by atoms with Crippen LogP contribution in [0.25, 0.3) is 0 Å². The fourth-order valence-corrected chi connectivity index (χ4v) is 9.83. The first-order valence-corrected chi connectivity index (χ1v) is 30.7. The van der Waals surface area contributed by atoms with E-state index in [1.807, 2.05) is 0 Å². The summed E-state index contributed by atoms with van der Waals surface area (Å²) >= 11 is 0. The fraction of sp³-hybridized carbons (Fsp3) is 0.905. The van der Waals surface area contributed by atoms with E-state index in [2.05, 4.69) is 146 Å². The molecule has 0 amide bonds. The third kappa shape index (κ3) is 44.3. The molecule has 0 aliphatic rings. The van der Waals surface area contributed by atoms with Crippen molar-refractivity contribution >= 4 is 34.3 Å². The number of aliphatic imine (C=N–C) groups is 6. The molecule has 0 fully saturated rings. The molecule has 3 atom stereocenters. The Morgan fingerprint density at radius 1 is 0.346 bits per heavy atom. The maximum absolute atomic E-state index is 11.5. The molecular formula is C63H125N9O6. The molecule has 3 unspecified atom stereocenters. The monoisotopic (exact) mass is 1100 g/mol. The molecular weight excluding hydrogens is 979 g/mol. The normalized spacial score (nSPS) is 16.0. The van der Waals surface area contributed by atoms with Crippen LogP contribution in [0.3, 0.4) is 0 Å². The summed E-state index contributed by atoms with van der Waals surface area (Å²) < 4.78 is 19.3. The van der Waals surface area contributed by atoms with E-state index >= 15 is 0 Å². The van der Waals surface area contributed by atoms with Crippen molar-refractivity contribution in [2.45, 2.75) is 195 Å². The second-order valence-electron chi connectivity index (χ2n) is 25.6. The van der Waals surface area contributed by atoms with Gasteiger partial charge in [0.2, 0.25) is 0 Å². The van der Waals surface area contributed by atoms with Gasteiger partial charge in [0, 0.05) is 98.6 Å². The van der Waals surface area contributed by atoms with Gasteiger partial charge in [0.1, 0.15) is 0 Å². The van der Waals surface area contributed by atoms with E-state index in [4.69, 9.17) is 44.2 Å². The lowest BCUT2D eigenvalue weighted by Gasteiger charge is -2.34. The highest BCUT2D eigenvalue weighted by atomic mass is 16.5. The van der Waals surface area contributed by atoms with Crippen molar-refractivity contribution in [2.75, 3.05) is 138 Å². The van der Waals surface area contributed by atoms with Crippen LogP contribution in [0.5, 0.6) is 0 Å². The lowest BCUT2D eigenvalue weighted by molar-refractivity contribution is -0.104. The van der Waals surface area contributed by atoms with Gasteiger partial charge in [-0.2, -0.15) is 0 Å². The van der Waals surface area contributed by atoms with Crippen LogP contribution in [0.15, 0.2) is 30.0 Å². The van der Waals surface area contributed by atoms with Crippen molar-refractivity contribution in [2.24, 2.45) is 70.9 Å². The van der Waals surface area contributed by atoms with Crippen molar-refractivity contribution in [1.82, 2.24) is 14.7 Å². The molecule has 15 nitrogen and oxygen atoms in total. The van der Waals surface area contributed by atoms with Gasteiger partial charge in [0.15, 0.2) is 0 Å². The van der Waals surface area contributed by atoms with Gasteiger partial charge in [-0.05, 0) is 122 Å². The summed E-state index contributed by atoms with van der Waals surface area (Å²) in [4.78, 5) is 35.9. The van der Waals surface area contributed by atoms with Gasteiger partial charge in [-0.3, -0.25) is 44.7 Å². The van der Waals surface area contributed by atoms with Gasteiger partial charge in [-0.25, -0.2) is 0 Å². The summed E-state index contributed by atoms with van der Waals surface area (Å²) in [6, 6.07) is 0. The van der Waals surface area contributed by atoms with Crippen LogP contribution in [0.2, 0.25) is 0 Å². The Morgan fingerprint density at radius 3 is 0.679 bits per heavy atom. The minimum atomic E-state index is -0.738. The van der Waals surface area contributed by atoms with E-state index in [0.717, 1.165) is 112 Å². The summed E-state index contributed by atoms with van der Waals surface area (Å²) in [5, 5.41) is 34.6. The number of aliphatic hydroxyl groups excluding tert-OH is 3. The first-order valence-electron chi connectivity index (χ1n) is 30.7. The standard InChI is InChI=1S/C63H125N9O6/c1-20-63(45-76-42-60(73)39-70(27-21-64-54(14)33-48(2)3)28-22-65-55(15)34-49(4)5,46-77-43-61(74)40-71(29-23-66-56(16)35-50(6)7)30-24-67-57(17)36-51(8)9)47-78-44-62(75)41-72(31-25-68-58(18)37-52(10)11)32-26-69-59(19)38-53(12)13/h48-53,60-62,73-75H,20-47H2,1-19H3. The lowest BCUT2D eigenvalue weighted by Crippen LogP contribution is -2.43. The predicted octanol–water partition coefficient (Wildman–Crippen LogP) is 10.5. The Bertz CT molecular complexity index is 1420. The quantitative estimate of drug-likeness (QED) is 0.0502. The largest absolute Gasteiger partial charge is 0.389 e. The van der Waals surface area contributed by atoms with Gasteiger partial charge < -0.3 is 29.5 Å². The number of aliphatic hydroxyl groups is 3. The van der Waals surface area contributed by atoms with Gasteiger partial charge in [0.05, 0.1) is 97.2 Å². The summed E-state index contributed by atoms with van der Waals surface area (Å²) in [5.74, 6) is 3.31. The number of rotatable bonds is 49. The molecule has 78 heavy (non-hydrogen) atoms. The molecule has 3 N–H and O–H groups in total. The van der Waals surface area contributed by atoms with E-state index in [1.165, 1.54) is 0 Å². The molecule has 15 heteroatoms. The smallest absolute Gasteiger partial charge is 0.0900 e. The fourth-order valence-electron chi connectivity index (χ4n) is 9.83. The molecule has 0 bridgehead atoms. The molecule has 0 aliphatic heterocycles. The topological polar surface area (TPSA) is 172 Å². The number of hydrogen-bond acceptors (Lipinski definition) is 15.